The van der Waals surface area contributed by atoms with Crippen LogP contribution >= 0.6 is 11.3 Å². The van der Waals surface area contributed by atoms with Crippen LogP contribution in [0.2, 0.25) is 0 Å². The Kier molecular flexibility index (Phi) is 5.88. The molecule has 0 fully saturated rings. The zero-order chi connectivity index (χ0) is 25.4. The number of hydrogen-bond donors (Lipinski definition) is 2. The fraction of sp³-hybridized carbons (Fsp3) is 0.0690. The van der Waals surface area contributed by atoms with E-state index in [-0.39, 0.29) is 12.1 Å². The Bertz CT molecular complexity index is 1610. The minimum absolute atomic E-state index is 0.196. The van der Waals surface area contributed by atoms with Crippen molar-refractivity contribution in [1.29, 1.82) is 0 Å². The predicted molar refractivity (Wildman–Crippen MR) is 148 cm³/mol. The van der Waals surface area contributed by atoms with Crippen molar-refractivity contribution >= 4 is 28.5 Å². The standard InChI is InChI=1S/C29H24N6OS/c1-18-15-26(37-17-18)24-16-35(27(30)22-6-3-2-5-21(22)24)19-8-10-20(11-9-19)36-28-23(7-4-13-32-28)25-12-14-33-29(31)34-25/h2-17,27H,30H2,1H3,(H2,31,33,34). The van der Waals surface area contributed by atoms with Gasteiger partial charge in [0.25, 0.3) is 0 Å². The Hall–Kier alpha value is -4.53. The summed E-state index contributed by atoms with van der Waals surface area (Å²) in [5.74, 6) is 1.28. The Labute approximate surface area is 218 Å². The summed E-state index contributed by atoms with van der Waals surface area (Å²) in [5, 5.41) is 2.17. The number of aromatic nitrogens is 3. The van der Waals surface area contributed by atoms with E-state index in [2.05, 4.69) is 62.6 Å². The van der Waals surface area contributed by atoms with Gasteiger partial charge in [-0.2, -0.15) is 0 Å². The maximum Gasteiger partial charge on any atom is 0.228 e. The molecule has 1 aliphatic rings. The third-order valence-corrected chi connectivity index (χ3v) is 7.29. The van der Waals surface area contributed by atoms with Crippen LogP contribution in [0.25, 0.3) is 16.8 Å². The summed E-state index contributed by atoms with van der Waals surface area (Å²) in [4.78, 5) is 16.0. The molecule has 5 aromatic rings. The molecule has 8 heteroatoms. The molecule has 0 aliphatic carbocycles. The zero-order valence-corrected chi connectivity index (χ0v) is 20.9. The highest BCUT2D eigenvalue weighted by atomic mass is 32.1. The molecule has 0 saturated heterocycles. The van der Waals surface area contributed by atoms with Gasteiger partial charge >= 0.3 is 0 Å². The van der Waals surface area contributed by atoms with E-state index in [1.54, 1.807) is 29.8 Å². The van der Waals surface area contributed by atoms with E-state index < -0.39 is 0 Å². The topological polar surface area (TPSA) is 103 Å². The van der Waals surface area contributed by atoms with Crippen molar-refractivity contribution in [3.05, 3.63) is 118 Å². The summed E-state index contributed by atoms with van der Waals surface area (Å²) in [7, 11) is 0. The van der Waals surface area contributed by atoms with E-state index in [9.17, 15) is 0 Å². The van der Waals surface area contributed by atoms with Gasteiger partial charge in [0.1, 0.15) is 11.9 Å². The van der Waals surface area contributed by atoms with E-state index in [1.807, 2.05) is 42.5 Å². The Morgan fingerprint density at radius 2 is 1.73 bits per heavy atom. The minimum Gasteiger partial charge on any atom is -0.438 e. The Morgan fingerprint density at radius 3 is 2.51 bits per heavy atom. The van der Waals surface area contributed by atoms with Gasteiger partial charge in [-0.1, -0.05) is 24.3 Å². The maximum atomic E-state index is 6.75. The van der Waals surface area contributed by atoms with Crippen molar-refractivity contribution in [3.63, 3.8) is 0 Å². The SMILES string of the molecule is Cc1csc(C2=CN(c3ccc(Oc4ncccc4-c4ccnc(N)n4)cc3)C(N)c3ccccc32)c1. The maximum absolute atomic E-state index is 6.75. The van der Waals surface area contributed by atoms with Crippen molar-refractivity contribution in [2.45, 2.75) is 13.1 Å². The van der Waals surface area contributed by atoms with Crippen LogP contribution in [0.3, 0.4) is 0 Å². The number of thiophene rings is 1. The highest BCUT2D eigenvalue weighted by Gasteiger charge is 2.26. The highest BCUT2D eigenvalue weighted by molar-refractivity contribution is 7.11. The van der Waals surface area contributed by atoms with Gasteiger partial charge in [-0.05, 0) is 77.5 Å². The lowest BCUT2D eigenvalue weighted by molar-refractivity contribution is 0.464. The molecule has 2 aromatic carbocycles. The smallest absolute Gasteiger partial charge is 0.228 e. The van der Waals surface area contributed by atoms with Crippen molar-refractivity contribution < 1.29 is 4.74 Å². The second kappa shape index (κ2) is 9.50. The largest absolute Gasteiger partial charge is 0.438 e. The molecule has 1 atom stereocenters. The fourth-order valence-corrected chi connectivity index (χ4v) is 5.36. The number of fused-ring (bicyclic) bond motifs is 1. The summed E-state index contributed by atoms with van der Waals surface area (Å²) in [5.41, 5.74) is 19.5. The molecule has 4 heterocycles. The summed E-state index contributed by atoms with van der Waals surface area (Å²) >= 11 is 1.74. The van der Waals surface area contributed by atoms with Crippen LogP contribution < -0.4 is 21.1 Å². The van der Waals surface area contributed by atoms with Gasteiger partial charge in [0.15, 0.2) is 0 Å². The first-order valence-corrected chi connectivity index (χ1v) is 12.7. The molecular weight excluding hydrogens is 480 g/mol. The summed E-state index contributed by atoms with van der Waals surface area (Å²) < 4.78 is 6.15. The Morgan fingerprint density at radius 1 is 0.919 bits per heavy atom. The molecule has 0 amide bonds. The molecule has 37 heavy (non-hydrogen) atoms. The molecule has 0 spiro atoms. The molecule has 0 radical (unpaired) electrons. The lowest BCUT2D eigenvalue weighted by Gasteiger charge is -2.34. The number of benzene rings is 2. The van der Waals surface area contributed by atoms with E-state index in [1.165, 1.54) is 16.0 Å². The number of hydrogen-bond acceptors (Lipinski definition) is 8. The first-order chi connectivity index (χ1) is 18.1. The minimum atomic E-state index is -0.307. The van der Waals surface area contributed by atoms with Gasteiger partial charge in [0.05, 0.1) is 11.3 Å². The van der Waals surface area contributed by atoms with Crippen LogP contribution in [-0.4, -0.2) is 15.0 Å². The average Bonchev–Trinajstić information content (AvgIpc) is 3.36. The van der Waals surface area contributed by atoms with Gasteiger partial charge in [0, 0.05) is 34.7 Å². The molecule has 7 nitrogen and oxygen atoms in total. The second-order valence-electron chi connectivity index (χ2n) is 8.72. The van der Waals surface area contributed by atoms with Gasteiger partial charge in [-0.3, -0.25) is 0 Å². The first-order valence-electron chi connectivity index (χ1n) is 11.8. The third-order valence-electron chi connectivity index (χ3n) is 6.20. The van der Waals surface area contributed by atoms with E-state index in [0.717, 1.165) is 22.4 Å². The van der Waals surface area contributed by atoms with Crippen molar-refractivity contribution in [1.82, 2.24) is 15.0 Å². The lowest BCUT2D eigenvalue weighted by Crippen LogP contribution is -2.33. The van der Waals surface area contributed by atoms with Crippen LogP contribution in [0.1, 0.15) is 27.7 Å². The van der Waals surface area contributed by atoms with Crippen LogP contribution in [0.4, 0.5) is 11.6 Å². The number of aryl methyl sites for hydroxylation is 1. The van der Waals surface area contributed by atoms with Crippen molar-refractivity contribution in [2.75, 3.05) is 10.6 Å². The number of pyridine rings is 1. The van der Waals surface area contributed by atoms with Crippen molar-refractivity contribution in [2.24, 2.45) is 5.73 Å². The monoisotopic (exact) mass is 504 g/mol. The first kappa shape index (κ1) is 22.9. The number of nitrogens with zero attached hydrogens (tertiary/aromatic N) is 4. The highest BCUT2D eigenvalue weighted by Crippen LogP contribution is 2.40. The number of rotatable bonds is 5. The van der Waals surface area contributed by atoms with E-state index >= 15 is 0 Å². The number of ether oxygens (including phenoxy) is 1. The molecule has 0 bridgehead atoms. The van der Waals surface area contributed by atoms with Crippen LogP contribution in [-0.2, 0) is 0 Å². The molecule has 6 rings (SSSR count). The second-order valence-corrected chi connectivity index (χ2v) is 9.63. The van der Waals surface area contributed by atoms with Gasteiger partial charge in [-0.15, -0.1) is 11.3 Å². The van der Waals surface area contributed by atoms with E-state index in [0.29, 0.717) is 17.3 Å². The number of anilines is 2. The average molecular weight is 505 g/mol. The number of nitrogens with two attached hydrogens (primary N) is 2. The Balaban J connectivity index is 1.32. The van der Waals surface area contributed by atoms with E-state index in [4.69, 9.17) is 16.2 Å². The molecule has 0 saturated carbocycles. The van der Waals surface area contributed by atoms with Gasteiger partial charge < -0.3 is 21.1 Å². The van der Waals surface area contributed by atoms with Gasteiger partial charge in [-0.25, -0.2) is 15.0 Å². The van der Waals surface area contributed by atoms with Crippen LogP contribution in [0.15, 0.2) is 96.8 Å². The third kappa shape index (κ3) is 4.44. The molecule has 1 unspecified atom stereocenters. The number of nitrogen functional groups attached to an aromatic ring is 1. The quantitative estimate of drug-likeness (QED) is 0.296. The molecule has 1 aliphatic heterocycles. The predicted octanol–water partition coefficient (Wildman–Crippen LogP) is 6.15. The summed E-state index contributed by atoms with van der Waals surface area (Å²) in [6.07, 6.45) is 5.13. The molecule has 3 aromatic heterocycles. The summed E-state index contributed by atoms with van der Waals surface area (Å²) in [6.45, 7) is 2.12. The summed E-state index contributed by atoms with van der Waals surface area (Å²) in [6, 6.07) is 23.9. The lowest BCUT2D eigenvalue weighted by atomic mass is 9.93. The fourth-order valence-electron chi connectivity index (χ4n) is 4.43. The van der Waals surface area contributed by atoms with Gasteiger partial charge in [0.2, 0.25) is 11.8 Å². The van der Waals surface area contributed by atoms with Crippen LogP contribution in [0, 0.1) is 6.92 Å². The molecule has 4 N–H and O–H groups in total. The molecular formula is C29H24N6OS. The molecule has 182 valence electrons. The van der Waals surface area contributed by atoms with Crippen LogP contribution in [0.5, 0.6) is 11.6 Å². The normalized spacial score (nSPS) is 14.7. The zero-order valence-electron chi connectivity index (χ0n) is 20.1. The van der Waals surface area contributed by atoms with Crippen molar-refractivity contribution in [3.8, 4) is 22.9 Å².